The molecule has 0 unspecified atom stereocenters. The van der Waals surface area contributed by atoms with Crippen LogP contribution in [0.1, 0.15) is 33.5 Å². The Bertz CT molecular complexity index is 524. The van der Waals surface area contributed by atoms with E-state index in [-0.39, 0.29) is 5.56 Å². The number of aryl methyl sites for hydroxylation is 1. The highest BCUT2D eigenvalue weighted by atomic mass is 16.1. The summed E-state index contributed by atoms with van der Waals surface area (Å²) >= 11 is 0. The zero-order valence-corrected chi connectivity index (χ0v) is 12.1. The standard InChI is InChI=1S/C11H12N2O.2C2H6/c1-4-6-9-10(7-5-2)12-8(3)13-11(9)14;2*1-2/h4-7H,1-2H2,3H3,(H,12,13,14);2*1-2H3/b9-6+,10-7+;;. The molecule has 0 spiro atoms. The maximum Gasteiger partial charge on any atom is 0.258 e. The molecule has 0 saturated heterocycles. The molecule has 18 heavy (non-hydrogen) atoms. The highest BCUT2D eigenvalue weighted by molar-refractivity contribution is 5.39. The minimum absolute atomic E-state index is 0.162. The van der Waals surface area contributed by atoms with Crippen LogP contribution in [0.15, 0.2) is 30.1 Å². The average Bonchev–Trinajstić information content (AvgIpc) is 2.39. The van der Waals surface area contributed by atoms with Crippen LogP contribution in [0.25, 0.3) is 12.2 Å². The summed E-state index contributed by atoms with van der Waals surface area (Å²) in [5.41, 5.74) is -0.162. The second-order valence-corrected chi connectivity index (χ2v) is 2.75. The quantitative estimate of drug-likeness (QED) is 0.871. The lowest BCUT2D eigenvalue weighted by molar-refractivity contribution is 0.973. The van der Waals surface area contributed by atoms with Gasteiger partial charge in [-0.1, -0.05) is 53.0 Å². The monoisotopic (exact) mass is 248 g/mol. The number of rotatable bonds is 2. The highest BCUT2D eigenvalue weighted by Gasteiger charge is 1.93. The smallest absolute Gasteiger partial charge is 0.258 e. The van der Waals surface area contributed by atoms with Crippen molar-refractivity contribution in [3.63, 3.8) is 0 Å². The molecule has 3 nitrogen and oxygen atoms in total. The molecule has 0 atom stereocenters. The van der Waals surface area contributed by atoms with E-state index < -0.39 is 0 Å². The van der Waals surface area contributed by atoms with Crippen LogP contribution in [0.5, 0.6) is 0 Å². The number of nitrogens with one attached hydrogen (secondary N) is 1. The van der Waals surface area contributed by atoms with E-state index in [1.54, 1.807) is 31.2 Å². The average molecular weight is 248 g/mol. The summed E-state index contributed by atoms with van der Waals surface area (Å²) in [4.78, 5) is 18.3. The van der Waals surface area contributed by atoms with Crippen molar-refractivity contribution in [1.29, 1.82) is 0 Å². The molecule has 1 rings (SSSR count). The third kappa shape index (κ3) is 5.99. The number of aromatic nitrogens is 2. The van der Waals surface area contributed by atoms with Gasteiger partial charge in [-0.15, -0.1) is 0 Å². The summed E-state index contributed by atoms with van der Waals surface area (Å²) in [6, 6.07) is 0. The third-order valence-corrected chi connectivity index (χ3v) is 1.66. The number of H-pyrrole nitrogens is 1. The molecule has 0 amide bonds. The second kappa shape index (κ2) is 11.6. The maximum atomic E-state index is 11.5. The lowest BCUT2D eigenvalue weighted by atomic mass is 10.3. The zero-order valence-electron chi connectivity index (χ0n) is 12.1. The summed E-state index contributed by atoms with van der Waals surface area (Å²) in [5.74, 6) is 0.587. The Hall–Kier alpha value is -1.90. The minimum atomic E-state index is -0.162. The fourth-order valence-corrected chi connectivity index (χ4v) is 1.13. The van der Waals surface area contributed by atoms with Gasteiger partial charge in [-0.05, 0) is 19.1 Å². The molecule has 0 bridgehead atoms. The van der Waals surface area contributed by atoms with Crippen LogP contribution >= 0.6 is 0 Å². The van der Waals surface area contributed by atoms with E-state index >= 15 is 0 Å². The number of hydrogen-bond donors (Lipinski definition) is 1. The number of hydrogen-bond acceptors (Lipinski definition) is 2. The molecule has 1 aromatic rings. The van der Waals surface area contributed by atoms with Crippen molar-refractivity contribution in [3.8, 4) is 0 Å². The van der Waals surface area contributed by atoms with Gasteiger partial charge in [0.1, 0.15) is 5.82 Å². The lowest BCUT2D eigenvalue weighted by Gasteiger charge is -1.92. The Labute approximate surface area is 109 Å². The molecule has 0 saturated carbocycles. The molecule has 0 aromatic carbocycles. The molecule has 1 N–H and O–H groups in total. The van der Waals surface area contributed by atoms with E-state index in [4.69, 9.17) is 0 Å². The van der Waals surface area contributed by atoms with Crippen molar-refractivity contribution >= 4 is 12.2 Å². The summed E-state index contributed by atoms with van der Waals surface area (Å²) in [7, 11) is 0. The van der Waals surface area contributed by atoms with Crippen LogP contribution in [0.4, 0.5) is 0 Å². The molecule has 3 heteroatoms. The van der Waals surface area contributed by atoms with Crippen molar-refractivity contribution in [3.05, 3.63) is 52.1 Å². The first kappa shape index (κ1) is 18.5. The van der Waals surface area contributed by atoms with E-state index in [2.05, 4.69) is 23.1 Å². The van der Waals surface area contributed by atoms with Gasteiger partial charge in [-0.3, -0.25) is 4.79 Å². The van der Waals surface area contributed by atoms with Crippen molar-refractivity contribution in [2.45, 2.75) is 34.6 Å². The predicted octanol–water partition coefficient (Wildman–Crippen LogP) is 2.06. The Kier molecular flexibility index (Phi) is 11.9. The Morgan fingerprint density at radius 2 is 1.56 bits per heavy atom. The fourth-order valence-electron chi connectivity index (χ4n) is 1.13. The topological polar surface area (TPSA) is 45.8 Å². The molecule has 0 aliphatic heterocycles. The highest BCUT2D eigenvalue weighted by Crippen LogP contribution is 1.70. The molecule has 0 fully saturated rings. The van der Waals surface area contributed by atoms with Gasteiger partial charge in [0.2, 0.25) is 0 Å². The van der Waals surface area contributed by atoms with E-state index in [1.165, 1.54) is 0 Å². The first-order valence-corrected chi connectivity index (χ1v) is 6.21. The first-order chi connectivity index (χ1) is 8.69. The fraction of sp³-hybridized carbons (Fsp3) is 0.333. The van der Waals surface area contributed by atoms with Gasteiger partial charge in [0.25, 0.3) is 5.56 Å². The first-order valence-electron chi connectivity index (χ1n) is 6.21. The molecule has 0 radical (unpaired) electrons. The van der Waals surface area contributed by atoms with E-state index in [0.717, 1.165) is 0 Å². The van der Waals surface area contributed by atoms with Crippen molar-refractivity contribution in [1.82, 2.24) is 9.97 Å². The normalized spacial score (nSPS) is 10.7. The van der Waals surface area contributed by atoms with E-state index in [1.807, 2.05) is 27.7 Å². The Balaban J connectivity index is 0. The van der Waals surface area contributed by atoms with Gasteiger partial charge < -0.3 is 4.98 Å². The zero-order chi connectivity index (χ0) is 14.6. The molecular formula is C15H24N2O. The molecular weight excluding hydrogens is 224 g/mol. The summed E-state index contributed by atoms with van der Waals surface area (Å²) in [5, 5.41) is 1.12. The van der Waals surface area contributed by atoms with E-state index in [0.29, 0.717) is 16.4 Å². The van der Waals surface area contributed by atoms with Gasteiger partial charge in [0, 0.05) is 0 Å². The third-order valence-electron chi connectivity index (χ3n) is 1.66. The van der Waals surface area contributed by atoms with Crippen LogP contribution in [0.2, 0.25) is 0 Å². The van der Waals surface area contributed by atoms with Crippen LogP contribution < -0.4 is 16.1 Å². The van der Waals surface area contributed by atoms with Crippen LogP contribution in [0, 0.1) is 6.92 Å². The Morgan fingerprint density at radius 3 is 2.00 bits per heavy atom. The number of allylic oxidation sites excluding steroid dienone is 2. The molecule has 1 aromatic heterocycles. The summed E-state index contributed by atoms with van der Waals surface area (Å²) in [6.07, 6.45) is 6.47. The van der Waals surface area contributed by atoms with Crippen molar-refractivity contribution in [2.24, 2.45) is 0 Å². The van der Waals surface area contributed by atoms with Crippen molar-refractivity contribution < 1.29 is 0 Å². The van der Waals surface area contributed by atoms with Gasteiger partial charge in [-0.2, -0.15) is 0 Å². The maximum absolute atomic E-state index is 11.5. The molecule has 0 aliphatic rings. The molecule has 1 heterocycles. The summed E-state index contributed by atoms with van der Waals surface area (Å²) < 4.78 is 0. The largest absolute Gasteiger partial charge is 0.310 e. The SMILES string of the molecule is C=C/C=c1/nc(C)[nH]c(=O)/c1=C/C=C.CC.CC. The van der Waals surface area contributed by atoms with E-state index in [9.17, 15) is 4.79 Å². The minimum Gasteiger partial charge on any atom is -0.310 e. The predicted molar refractivity (Wildman–Crippen MR) is 80.9 cm³/mol. The van der Waals surface area contributed by atoms with Gasteiger partial charge in [-0.25, -0.2) is 4.98 Å². The number of aromatic amines is 1. The molecule has 0 aliphatic carbocycles. The lowest BCUT2D eigenvalue weighted by Crippen LogP contribution is -2.43. The van der Waals surface area contributed by atoms with Crippen LogP contribution in [-0.4, -0.2) is 9.97 Å². The van der Waals surface area contributed by atoms with Crippen molar-refractivity contribution in [2.75, 3.05) is 0 Å². The van der Waals surface area contributed by atoms with Gasteiger partial charge >= 0.3 is 0 Å². The molecule has 100 valence electrons. The van der Waals surface area contributed by atoms with Crippen LogP contribution in [0.3, 0.4) is 0 Å². The number of nitrogens with zero attached hydrogens (tertiary/aromatic N) is 1. The van der Waals surface area contributed by atoms with Crippen LogP contribution in [-0.2, 0) is 0 Å². The Morgan fingerprint density at radius 1 is 1.06 bits per heavy atom. The van der Waals surface area contributed by atoms with Gasteiger partial charge in [0.05, 0.1) is 10.6 Å². The van der Waals surface area contributed by atoms with Gasteiger partial charge in [0.15, 0.2) is 0 Å². The second-order valence-electron chi connectivity index (χ2n) is 2.75. The summed E-state index contributed by atoms with van der Waals surface area (Å²) in [6.45, 7) is 16.8.